The summed E-state index contributed by atoms with van der Waals surface area (Å²) in [5, 5.41) is 0.819. The summed E-state index contributed by atoms with van der Waals surface area (Å²) in [6, 6.07) is 7.11. The van der Waals surface area contributed by atoms with Crippen molar-refractivity contribution in [1.82, 2.24) is 4.90 Å². The lowest BCUT2D eigenvalue weighted by molar-refractivity contribution is 0.140. The molecule has 2 atom stereocenters. The first-order valence-electron chi connectivity index (χ1n) is 6.31. The first-order chi connectivity index (χ1) is 8.06. The van der Waals surface area contributed by atoms with Crippen LogP contribution in [-0.2, 0) is 6.54 Å². The topological polar surface area (TPSA) is 29.3 Å². The fourth-order valence-electron chi connectivity index (χ4n) is 2.55. The molecule has 2 N–H and O–H groups in total. The lowest BCUT2D eigenvalue weighted by atomic mass is 9.98. The van der Waals surface area contributed by atoms with Crippen LogP contribution in [0.15, 0.2) is 18.2 Å². The van der Waals surface area contributed by atoms with Gasteiger partial charge in [0.2, 0.25) is 0 Å². The molecule has 0 bridgehead atoms. The van der Waals surface area contributed by atoms with Crippen molar-refractivity contribution >= 4 is 11.6 Å². The largest absolute Gasteiger partial charge is 0.328 e. The van der Waals surface area contributed by atoms with E-state index in [4.69, 9.17) is 17.3 Å². The lowest BCUT2D eigenvalue weighted by Crippen LogP contribution is -2.45. The van der Waals surface area contributed by atoms with E-state index in [9.17, 15) is 0 Å². The summed E-state index contributed by atoms with van der Waals surface area (Å²) in [6.07, 6.45) is 2.21. The van der Waals surface area contributed by atoms with Crippen molar-refractivity contribution in [3.8, 4) is 0 Å². The molecule has 0 radical (unpaired) electrons. The SMILES string of the molecule is Cc1cc(Cl)ccc1CN1CCC(N)CC1C. The number of hydrogen-bond acceptors (Lipinski definition) is 2. The predicted molar refractivity (Wildman–Crippen MR) is 73.3 cm³/mol. The summed E-state index contributed by atoms with van der Waals surface area (Å²) in [7, 11) is 0. The third-order valence-electron chi connectivity index (χ3n) is 3.73. The molecule has 1 fully saturated rings. The van der Waals surface area contributed by atoms with Gasteiger partial charge < -0.3 is 5.73 Å². The summed E-state index contributed by atoms with van der Waals surface area (Å²) in [4.78, 5) is 2.51. The fraction of sp³-hybridized carbons (Fsp3) is 0.571. The minimum Gasteiger partial charge on any atom is -0.328 e. The van der Waals surface area contributed by atoms with Crippen LogP contribution in [-0.4, -0.2) is 23.5 Å². The van der Waals surface area contributed by atoms with E-state index in [0.29, 0.717) is 12.1 Å². The average Bonchev–Trinajstić information content (AvgIpc) is 2.25. The first-order valence-corrected chi connectivity index (χ1v) is 6.68. The van der Waals surface area contributed by atoms with Gasteiger partial charge >= 0.3 is 0 Å². The monoisotopic (exact) mass is 252 g/mol. The quantitative estimate of drug-likeness (QED) is 0.877. The highest BCUT2D eigenvalue weighted by molar-refractivity contribution is 6.30. The number of nitrogens with two attached hydrogens (primary N) is 1. The zero-order valence-corrected chi connectivity index (χ0v) is 11.4. The molecular weight excluding hydrogens is 232 g/mol. The summed E-state index contributed by atoms with van der Waals surface area (Å²) in [6.45, 7) is 6.51. The van der Waals surface area contributed by atoms with Crippen molar-refractivity contribution in [2.45, 2.75) is 45.3 Å². The molecule has 3 heteroatoms. The molecule has 1 aliphatic rings. The lowest BCUT2D eigenvalue weighted by Gasteiger charge is -2.36. The molecule has 0 aromatic heterocycles. The Bertz CT molecular complexity index is 392. The predicted octanol–water partition coefficient (Wildman–Crippen LogP) is 2.96. The van der Waals surface area contributed by atoms with Crippen molar-refractivity contribution in [2.75, 3.05) is 6.54 Å². The van der Waals surface area contributed by atoms with Crippen LogP contribution in [0, 0.1) is 6.92 Å². The van der Waals surface area contributed by atoms with Crippen molar-refractivity contribution in [3.05, 3.63) is 34.3 Å². The van der Waals surface area contributed by atoms with Gasteiger partial charge in [0, 0.05) is 30.2 Å². The van der Waals surface area contributed by atoms with E-state index < -0.39 is 0 Å². The zero-order chi connectivity index (χ0) is 12.4. The van der Waals surface area contributed by atoms with Gasteiger partial charge in [-0.05, 0) is 49.9 Å². The molecule has 0 amide bonds. The van der Waals surface area contributed by atoms with Gasteiger partial charge in [-0.2, -0.15) is 0 Å². The van der Waals surface area contributed by atoms with Gasteiger partial charge in [0.1, 0.15) is 0 Å². The van der Waals surface area contributed by atoms with Crippen LogP contribution >= 0.6 is 11.6 Å². The Morgan fingerprint density at radius 3 is 2.88 bits per heavy atom. The molecule has 0 aliphatic carbocycles. The Labute approximate surface area is 109 Å². The second-order valence-electron chi connectivity index (χ2n) is 5.17. The molecule has 1 aromatic rings. The van der Waals surface area contributed by atoms with Crippen LogP contribution in [0.1, 0.15) is 30.9 Å². The number of nitrogens with zero attached hydrogens (tertiary/aromatic N) is 1. The number of aryl methyl sites for hydroxylation is 1. The van der Waals surface area contributed by atoms with Crippen LogP contribution in [0.3, 0.4) is 0 Å². The van der Waals surface area contributed by atoms with E-state index in [1.807, 2.05) is 12.1 Å². The highest BCUT2D eigenvalue weighted by atomic mass is 35.5. The van der Waals surface area contributed by atoms with Gasteiger partial charge in [-0.1, -0.05) is 17.7 Å². The molecule has 2 unspecified atom stereocenters. The summed E-state index contributed by atoms with van der Waals surface area (Å²) in [5.41, 5.74) is 8.64. The number of halogens is 1. The molecular formula is C14H21ClN2. The van der Waals surface area contributed by atoms with Gasteiger partial charge in [-0.3, -0.25) is 4.90 Å². The Hall–Kier alpha value is -0.570. The molecule has 17 heavy (non-hydrogen) atoms. The molecule has 1 saturated heterocycles. The Morgan fingerprint density at radius 2 is 2.24 bits per heavy atom. The van der Waals surface area contributed by atoms with E-state index in [-0.39, 0.29) is 0 Å². The first kappa shape index (κ1) is 12.9. The Kier molecular flexibility index (Phi) is 4.08. The standard InChI is InChI=1S/C14H21ClN2/c1-10-7-13(15)4-3-12(10)9-17-6-5-14(16)8-11(17)2/h3-4,7,11,14H,5-6,8-9,16H2,1-2H3. The van der Waals surface area contributed by atoms with Gasteiger partial charge in [0.25, 0.3) is 0 Å². The van der Waals surface area contributed by atoms with E-state index in [1.165, 1.54) is 11.1 Å². The Morgan fingerprint density at radius 1 is 1.47 bits per heavy atom. The maximum absolute atomic E-state index is 5.99. The van der Waals surface area contributed by atoms with Crippen LogP contribution in [0.2, 0.25) is 5.02 Å². The van der Waals surface area contributed by atoms with E-state index in [1.54, 1.807) is 0 Å². The second-order valence-corrected chi connectivity index (χ2v) is 5.61. The smallest absolute Gasteiger partial charge is 0.0408 e. The number of benzene rings is 1. The zero-order valence-electron chi connectivity index (χ0n) is 10.6. The van der Waals surface area contributed by atoms with E-state index >= 15 is 0 Å². The van der Waals surface area contributed by atoms with Crippen LogP contribution in [0.25, 0.3) is 0 Å². The summed E-state index contributed by atoms with van der Waals surface area (Å²) < 4.78 is 0. The third kappa shape index (κ3) is 3.21. The van der Waals surface area contributed by atoms with E-state index in [2.05, 4.69) is 24.8 Å². The van der Waals surface area contributed by atoms with Crippen molar-refractivity contribution in [2.24, 2.45) is 5.73 Å². The molecule has 1 heterocycles. The second kappa shape index (κ2) is 5.38. The van der Waals surface area contributed by atoms with Crippen LogP contribution < -0.4 is 5.73 Å². The molecule has 0 spiro atoms. The van der Waals surface area contributed by atoms with Gasteiger partial charge in [0.05, 0.1) is 0 Å². The van der Waals surface area contributed by atoms with E-state index in [0.717, 1.165) is 31.0 Å². The molecule has 94 valence electrons. The third-order valence-corrected chi connectivity index (χ3v) is 3.97. The molecule has 2 nitrogen and oxygen atoms in total. The molecule has 0 saturated carbocycles. The average molecular weight is 253 g/mol. The molecule has 2 rings (SSSR count). The number of likely N-dealkylation sites (tertiary alicyclic amines) is 1. The fourth-order valence-corrected chi connectivity index (χ4v) is 2.77. The number of rotatable bonds is 2. The number of hydrogen-bond donors (Lipinski definition) is 1. The molecule has 1 aromatic carbocycles. The maximum atomic E-state index is 5.99. The highest BCUT2D eigenvalue weighted by Gasteiger charge is 2.23. The minimum atomic E-state index is 0.382. The van der Waals surface area contributed by atoms with Crippen molar-refractivity contribution in [3.63, 3.8) is 0 Å². The summed E-state index contributed by atoms with van der Waals surface area (Å²) in [5.74, 6) is 0. The normalized spacial score (nSPS) is 26.1. The van der Waals surface area contributed by atoms with Gasteiger partial charge in [0.15, 0.2) is 0 Å². The Balaban J connectivity index is 2.05. The maximum Gasteiger partial charge on any atom is 0.0408 e. The highest BCUT2D eigenvalue weighted by Crippen LogP contribution is 2.21. The number of piperidine rings is 1. The molecule has 1 aliphatic heterocycles. The van der Waals surface area contributed by atoms with Crippen LogP contribution in [0.5, 0.6) is 0 Å². The van der Waals surface area contributed by atoms with Crippen molar-refractivity contribution < 1.29 is 0 Å². The van der Waals surface area contributed by atoms with Gasteiger partial charge in [-0.15, -0.1) is 0 Å². The summed E-state index contributed by atoms with van der Waals surface area (Å²) >= 11 is 5.98. The minimum absolute atomic E-state index is 0.382. The van der Waals surface area contributed by atoms with Gasteiger partial charge in [-0.25, -0.2) is 0 Å². The van der Waals surface area contributed by atoms with Crippen molar-refractivity contribution in [1.29, 1.82) is 0 Å². The van der Waals surface area contributed by atoms with Crippen LogP contribution in [0.4, 0.5) is 0 Å².